The lowest BCUT2D eigenvalue weighted by atomic mass is 10.1. The van der Waals surface area contributed by atoms with Crippen LogP contribution in [0.15, 0.2) is 57.6 Å². The number of nitrogens with zero attached hydrogens (tertiary/aromatic N) is 2. The van der Waals surface area contributed by atoms with Gasteiger partial charge in [0, 0.05) is 16.9 Å². The maximum Gasteiger partial charge on any atom is 0.343 e. The summed E-state index contributed by atoms with van der Waals surface area (Å²) in [6.07, 6.45) is 2.73. The first-order valence-electron chi connectivity index (χ1n) is 7.03. The molecule has 0 spiro atoms. The van der Waals surface area contributed by atoms with Crippen LogP contribution in [0.5, 0.6) is 0 Å². The number of hydrogen-bond acceptors (Lipinski definition) is 5. The number of halogens is 2. The van der Waals surface area contributed by atoms with Gasteiger partial charge in [-0.3, -0.25) is 4.99 Å². The average Bonchev–Trinajstić information content (AvgIpc) is 2.55. The highest BCUT2D eigenvalue weighted by molar-refractivity contribution is 9.10. The number of aliphatic hydroxyl groups is 1. The molecule has 7 heteroatoms. The number of benzene rings is 1. The number of carbonyl (C=O) groups excluding carboxylic acids is 1. The Kier molecular flexibility index (Phi) is 6.52. The van der Waals surface area contributed by atoms with Gasteiger partial charge in [-0.2, -0.15) is 0 Å². The Morgan fingerprint density at radius 1 is 1.42 bits per heavy atom. The first-order valence-corrected chi connectivity index (χ1v) is 8.21. The number of aromatic nitrogens is 1. The molecule has 0 atom stereocenters. The van der Waals surface area contributed by atoms with Crippen LogP contribution < -0.4 is 0 Å². The minimum absolute atomic E-state index is 0.0765. The van der Waals surface area contributed by atoms with E-state index in [0.29, 0.717) is 5.69 Å². The van der Waals surface area contributed by atoms with E-state index in [1.54, 1.807) is 31.2 Å². The Morgan fingerprint density at radius 3 is 2.88 bits per heavy atom. The van der Waals surface area contributed by atoms with Gasteiger partial charge >= 0.3 is 5.97 Å². The minimum atomic E-state index is -0.700. The van der Waals surface area contributed by atoms with Crippen LogP contribution in [-0.4, -0.2) is 28.9 Å². The summed E-state index contributed by atoms with van der Waals surface area (Å²) in [5.41, 5.74) is 0.728. The van der Waals surface area contributed by atoms with Gasteiger partial charge in [0.15, 0.2) is 0 Å². The second-order valence-corrected chi connectivity index (χ2v) is 5.84. The molecule has 5 nitrogen and oxygen atoms in total. The van der Waals surface area contributed by atoms with Crippen LogP contribution in [0.1, 0.15) is 12.5 Å². The predicted molar refractivity (Wildman–Crippen MR) is 97.7 cm³/mol. The van der Waals surface area contributed by atoms with Gasteiger partial charge in [0.25, 0.3) is 0 Å². The van der Waals surface area contributed by atoms with E-state index < -0.39 is 5.97 Å². The van der Waals surface area contributed by atoms with Crippen LogP contribution in [0.3, 0.4) is 0 Å². The number of hydrogen-bond donors (Lipinski definition) is 1. The number of esters is 1. The number of carbonyl (C=O) groups is 1. The van der Waals surface area contributed by atoms with E-state index in [9.17, 15) is 9.90 Å². The van der Waals surface area contributed by atoms with Crippen molar-refractivity contribution in [3.05, 3.63) is 63.4 Å². The molecule has 0 bridgehead atoms. The number of rotatable bonds is 5. The summed E-state index contributed by atoms with van der Waals surface area (Å²) in [5.74, 6) is -1.04. The van der Waals surface area contributed by atoms with Gasteiger partial charge in [-0.05, 0) is 37.3 Å². The molecule has 1 heterocycles. The summed E-state index contributed by atoms with van der Waals surface area (Å²) in [6.45, 7) is 1.84. The topological polar surface area (TPSA) is 71.8 Å². The van der Waals surface area contributed by atoms with Crippen molar-refractivity contribution in [3.63, 3.8) is 0 Å². The Labute approximate surface area is 152 Å². The van der Waals surface area contributed by atoms with Crippen molar-refractivity contribution in [2.75, 3.05) is 6.61 Å². The van der Waals surface area contributed by atoms with Crippen molar-refractivity contribution in [3.8, 4) is 0 Å². The second kappa shape index (κ2) is 8.61. The summed E-state index contributed by atoms with van der Waals surface area (Å²) in [4.78, 5) is 20.2. The molecule has 0 saturated heterocycles. The van der Waals surface area contributed by atoms with Crippen LogP contribution in [0.2, 0.25) is 5.15 Å². The van der Waals surface area contributed by atoms with E-state index in [1.165, 1.54) is 12.4 Å². The molecule has 1 N–H and O–H groups in total. The summed E-state index contributed by atoms with van der Waals surface area (Å²) in [7, 11) is 0. The fourth-order valence-corrected chi connectivity index (χ4v) is 2.42. The third kappa shape index (κ3) is 4.66. The number of aliphatic imine (C=N–C) groups is 1. The number of aliphatic hydroxyl groups excluding tert-OH is 1. The molecule has 0 aliphatic carbocycles. The summed E-state index contributed by atoms with van der Waals surface area (Å²) in [6, 6.07) is 10.4. The van der Waals surface area contributed by atoms with E-state index >= 15 is 0 Å². The van der Waals surface area contributed by atoms with E-state index in [-0.39, 0.29) is 28.7 Å². The molecule has 24 heavy (non-hydrogen) atoms. The summed E-state index contributed by atoms with van der Waals surface area (Å²) < 4.78 is 5.82. The third-order valence-corrected chi connectivity index (χ3v) is 3.71. The second-order valence-electron chi connectivity index (χ2n) is 4.56. The van der Waals surface area contributed by atoms with E-state index in [0.717, 1.165) is 4.47 Å². The van der Waals surface area contributed by atoms with Crippen LogP contribution in [-0.2, 0) is 9.53 Å². The monoisotopic (exact) mass is 408 g/mol. The van der Waals surface area contributed by atoms with Crippen LogP contribution in [0.4, 0.5) is 5.69 Å². The predicted octanol–water partition coefficient (Wildman–Crippen LogP) is 4.73. The molecule has 0 saturated carbocycles. The molecule has 0 amide bonds. The molecule has 1 aromatic carbocycles. The number of pyridine rings is 1. The fourth-order valence-electron chi connectivity index (χ4n) is 1.82. The summed E-state index contributed by atoms with van der Waals surface area (Å²) >= 11 is 9.32. The van der Waals surface area contributed by atoms with Crippen molar-refractivity contribution in [2.24, 2.45) is 4.99 Å². The standard InChI is InChI=1S/C17H14BrClN2O3/c1-2-24-17(23)14(10-21-12-6-3-5-11(18)9-12)15(22)13-7-4-8-20-16(13)19/h3-10,22H,2H2,1H3/b15-14+,21-10?. The number of ether oxygens (including phenoxy) is 1. The lowest BCUT2D eigenvalue weighted by molar-refractivity contribution is -0.137. The van der Waals surface area contributed by atoms with Crippen LogP contribution >= 0.6 is 27.5 Å². The quantitative estimate of drug-likeness (QED) is 0.255. The minimum Gasteiger partial charge on any atom is -0.506 e. The SMILES string of the molecule is CCOC(=O)/C(C=Nc1cccc(Br)c1)=C(/O)c1cccnc1Cl. The highest BCUT2D eigenvalue weighted by atomic mass is 79.9. The van der Waals surface area contributed by atoms with Gasteiger partial charge < -0.3 is 9.84 Å². The fraction of sp³-hybridized carbons (Fsp3) is 0.118. The van der Waals surface area contributed by atoms with Crippen LogP contribution in [0.25, 0.3) is 5.76 Å². The first-order chi connectivity index (χ1) is 11.5. The van der Waals surface area contributed by atoms with Crippen molar-refractivity contribution < 1.29 is 14.6 Å². The first kappa shape index (κ1) is 18.2. The highest BCUT2D eigenvalue weighted by Crippen LogP contribution is 2.23. The van der Waals surface area contributed by atoms with Gasteiger partial charge in [0.1, 0.15) is 16.5 Å². The molecule has 0 aliphatic rings. The Balaban J connectivity index is 2.47. The van der Waals surface area contributed by atoms with Crippen LogP contribution in [0, 0.1) is 0 Å². The average molecular weight is 410 g/mol. The van der Waals surface area contributed by atoms with Gasteiger partial charge in [0.2, 0.25) is 0 Å². The molecule has 0 unspecified atom stereocenters. The molecule has 1 aromatic heterocycles. The normalized spacial score (nSPS) is 12.1. The zero-order valence-corrected chi connectivity index (χ0v) is 15.1. The van der Waals surface area contributed by atoms with Gasteiger partial charge in [-0.15, -0.1) is 0 Å². The van der Waals surface area contributed by atoms with Crippen molar-refractivity contribution in [2.45, 2.75) is 6.92 Å². The smallest absolute Gasteiger partial charge is 0.343 e. The Bertz CT molecular complexity index is 806. The summed E-state index contributed by atoms with van der Waals surface area (Å²) in [5, 5.41) is 10.5. The zero-order valence-electron chi connectivity index (χ0n) is 12.7. The maximum atomic E-state index is 12.2. The maximum absolute atomic E-state index is 12.2. The van der Waals surface area contributed by atoms with Crippen molar-refractivity contribution in [1.82, 2.24) is 4.98 Å². The molecule has 0 aliphatic heterocycles. The lowest BCUT2D eigenvalue weighted by Gasteiger charge is -2.07. The molecule has 0 radical (unpaired) electrons. The van der Waals surface area contributed by atoms with Gasteiger partial charge in [-0.1, -0.05) is 33.6 Å². The molecule has 2 rings (SSSR count). The lowest BCUT2D eigenvalue weighted by Crippen LogP contribution is -2.11. The molecule has 0 fully saturated rings. The van der Waals surface area contributed by atoms with Crippen molar-refractivity contribution >= 4 is 51.2 Å². The molecular weight excluding hydrogens is 396 g/mol. The van der Waals surface area contributed by atoms with Crippen molar-refractivity contribution in [1.29, 1.82) is 0 Å². The zero-order chi connectivity index (χ0) is 17.5. The molecule has 2 aromatic rings. The van der Waals surface area contributed by atoms with E-state index in [1.807, 2.05) is 12.1 Å². The highest BCUT2D eigenvalue weighted by Gasteiger charge is 2.18. The molecule has 124 valence electrons. The third-order valence-electron chi connectivity index (χ3n) is 2.92. The van der Waals surface area contributed by atoms with E-state index in [4.69, 9.17) is 16.3 Å². The Morgan fingerprint density at radius 2 is 2.21 bits per heavy atom. The van der Waals surface area contributed by atoms with Gasteiger partial charge in [-0.25, -0.2) is 9.78 Å². The van der Waals surface area contributed by atoms with Gasteiger partial charge in [0.05, 0.1) is 17.9 Å². The Hall–Kier alpha value is -2.18. The largest absolute Gasteiger partial charge is 0.506 e. The van der Waals surface area contributed by atoms with E-state index in [2.05, 4.69) is 25.9 Å². The molecular formula is C17H14BrClN2O3.